The molecule has 0 radical (unpaired) electrons. The van der Waals surface area contributed by atoms with Crippen molar-refractivity contribution in [2.45, 2.75) is 63.2 Å². The normalized spacial score (nSPS) is 22.4. The van der Waals surface area contributed by atoms with Crippen LogP contribution in [0.2, 0.25) is 0 Å². The highest BCUT2D eigenvalue weighted by Crippen LogP contribution is 2.33. The van der Waals surface area contributed by atoms with Gasteiger partial charge in [0.2, 0.25) is 0 Å². The van der Waals surface area contributed by atoms with E-state index in [-0.39, 0.29) is 10.8 Å². The average molecular weight is 316 g/mol. The molecule has 122 valence electrons. The van der Waals surface area contributed by atoms with Crippen LogP contribution in [0.25, 0.3) is 0 Å². The van der Waals surface area contributed by atoms with Crippen LogP contribution in [0.3, 0.4) is 0 Å². The molecular formula is C15H28N2O3S. The average Bonchev–Trinajstić information content (AvgIpc) is 2.94. The number of hydrogen-bond donors (Lipinski definition) is 2. The molecule has 2 N–H and O–H groups in total. The summed E-state index contributed by atoms with van der Waals surface area (Å²) in [7, 11) is 0. The molecule has 0 aliphatic carbocycles. The van der Waals surface area contributed by atoms with E-state index in [1.165, 1.54) is 4.90 Å². The summed E-state index contributed by atoms with van der Waals surface area (Å²) in [4.78, 5) is 25.6. The third-order valence-electron chi connectivity index (χ3n) is 5.00. The number of urea groups is 1. The summed E-state index contributed by atoms with van der Waals surface area (Å²) < 4.78 is 0.0352. The molecule has 21 heavy (non-hydrogen) atoms. The molecule has 0 aromatic rings. The maximum Gasteiger partial charge on any atom is 0.329 e. The van der Waals surface area contributed by atoms with Crippen molar-refractivity contribution < 1.29 is 14.7 Å². The number of aliphatic carboxylic acids is 1. The standard InChI is InChI=1S/C15H28N2O3S/c1-5-14(6-2,21-4)11-16-13(20)17-10-8-9-15(17,7-3)12(18)19/h5-11H2,1-4H3,(H,16,20)(H,18,19). The van der Waals surface area contributed by atoms with Crippen molar-refractivity contribution in [2.24, 2.45) is 0 Å². The number of carbonyl (C=O) groups is 2. The lowest BCUT2D eigenvalue weighted by molar-refractivity contribution is -0.148. The van der Waals surface area contributed by atoms with E-state index in [0.29, 0.717) is 25.9 Å². The van der Waals surface area contributed by atoms with Gasteiger partial charge in [-0.05, 0) is 38.4 Å². The Kier molecular flexibility index (Phi) is 6.38. The second-order valence-electron chi connectivity index (χ2n) is 5.70. The Morgan fingerprint density at radius 1 is 1.33 bits per heavy atom. The fourth-order valence-electron chi connectivity index (χ4n) is 3.11. The van der Waals surface area contributed by atoms with Crippen molar-refractivity contribution >= 4 is 23.8 Å². The van der Waals surface area contributed by atoms with Crippen LogP contribution in [0.15, 0.2) is 0 Å². The number of carbonyl (C=O) groups excluding carboxylic acids is 1. The Hall–Kier alpha value is -0.910. The van der Waals surface area contributed by atoms with E-state index in [2.05, 4.69) is 25.4 Å². The number of rotatable bonds is 7. The van der Waals surface area contributed by atoms with E-state index in [9.17, 15) is 14.7 Å². The van der Waals surface area contributed by atoms with Gasteiger partial charge in [-0.25, -0.2) is 9.59 Å². The summed E-state index contributed by atoms with van der Waals surface area (Å²) in [5.41, 5.74) is -1.02. The molecule has 0 aromatic carbocycles. The second kappa shape index (κ2) is 7.38. The topological polar surface area (TPSA) is 69.6 Å². The Morgan fingerprint density at radius 2 is 1.95 bits per heavy atom. The van der Waals surface area contributed by atoms with Gasteiger partial charge in [0.25, 0.3) is 0 Å². The maximum atomic E-state index is 12.5. The summed E-state index contributed by atoms with van der Waals surface area (Å²) >= 11 is 1.76. The molecule has 5 nitrogen and oxygen atoms in total. The number of hydrogen-bond acceptors (Lipinski definition) is 3. The van der Waals surface area contributed by atoms with Crippen LogP contribution in [0.4, 0.5) is 4.79 Å². The number of thioether (sulfide) groups is 1. The Bertz CT molecular complexity index is 377. The monoisotopic (exact) mass is 316 g/mol. The first-order chi connectivity index (χ1) is 9.91. The lowest BCUT2D eigenvalue weighted by atomic mass is 9.93. The molecule has 0 saturated carbocycles. The van der Waals surface area contributed by atoms with Crippen LogP contribution < -0.4 is 5.32 Å². The molecule has 1 heterocycles. The van der Waals surface area contributed by atoms with E-state index in [1.807, 2.05) is 6.92 Å². The minimum absolute atomic E-state index is 0.0352. The highest BCUT2D eigenvalue weighted by Gasteiger charge is 2.48. The lowest BCUT2D eigenvalue weighted by Crippen LogP contribution is -2.57. The van der Waals surface area contributed by atoms with Gasteiger partial charge in [0.1, 0.15) is 5.54 Å². The number of nitrogens with one attached hydrogen (secondary N) is 1. The van der Waals surface area contributed by atoms with Crippen molar-refractivity contribution in [3.05, 3.63) is 0 Å². The number of nitrogens with zero attached hydrogens (tertiary/aromatic N) is 1. The summed E-state index contributed by atoms with van der Waals surface area (Å²) in [5, 5.41) is 12.5. The van der Waals surface area contributed by atoms with Gasteiger partial charge in [-0.2, -0.15) is 11.8 Å². The molecule has 1 rings (SSSR count). The summed E-state index contributed by atoms with van der Waals surface area (Å²) in [6.07, 6.45) is 5.75. The maximum absolute atomic E-state index is 12.5. The molecule has 0 bridgehead atoms. The summed E-state index contributed by atoms with van der Waals surface area (Å²) in [6.45, 7) is 7.18. The van der Waals surface area contributed by atoms with Crippen LogP contribution in [0.5, 0.6) is 0 Å². The zero-order chi connectivity index (χ0) is 16.1. The second-order valence-corrected chi connectivity index (χ2v) is 6.97. The van der Waals surface area contributed by atoms with Gasteiger partial charge in [-0.1, -0.05) is 20.8 Å². The minimum atomic E-state index is -1.02. The van der Waals surface area contributed by atoms with Crippen LogP contribution in [0.1, 0.15) is 52.9 Å². The van der Waals surface area contributed by atoms with Gasteiger partial charge < -0.3 is 15.3 Å². The van der Waals surface area contributed by atoms with E-state index >= 15 is 0 Å². The third kappa shape index (κ3) is 3.47. The molecule has 1 aliphatic rings. The highest BCUT2D eigenvalue weighted by atomic mass is 32.2. The van der Waals surface area contributed by atoms with Crippen LogP contribution in [-0.4, -0.2) is 51.6 Å². The van der Waals surface area contributed by atoms with E-state index < -0.39 is 11.5 Å². The molecule has 2 amide bonds. The van der Waals surface area contributed by atoms with Gasteiger partial charge in [-0.3, -0.25) is 0 Å². The van der Waals surface area contributed by atoms with E-state index in [0.717, 1.165) is 19.3 Å². The quantitative estimate of drug-likeness (QED) is 0.757. The van der Waals surface area contributed by atoms with Crippen molar-refractivity contribution in [2.75, 3.05) is 19.3 Å². The number of carboxylic acids is 1. The van der Waals surface area contributed by atoms with Gasteiger partial charge in [0, 0.05) is 17.8 Å². The molecule has 1 fully saturated rings. The summed E-state index contributed by atoms with van der Waals surface area (Å²) in [6, 6.07) is -0.239. The van der Waals surface area contributed by atoms with Gasteiger partial charge in [0.05, 0.1) is 0 Å². The Labute approximate surface area is 131 Å². The fourth-order valence-corrected chi connectivity index (χ4v) is 3.90. The number of carboxylic acid groups (broad SMARTS) is 1. The van der Waals surface area contributed by atoms with E-state index in [1.54, 1.807) is 11.8 Å². The van der Waals surface area contributed by atoms with Crippen molar-refractivity contribution in [3.63, 3.8) is 0 Å². The molecule has 0 aromatic heterocycles. The van der Waals surface area contributed by atoms with Gasteiger partial charge in [-0.15, -0.1) is 0 Å². The Balaban J connectivity index is 2.77. The smallest absolute Gasteiger partial charge is 0.329 e. The Morgan fingerprint density at radius 3 is 2.38 bits per heavy atom. The lowest BCUT2D eigenvalue weighted by Gasteiger charge is -2.36. The van der Waals surface area contributed by atoms with Crippen molar-refractivity contribution in [1.29, 1.82) is 0 Å². The SMILES string of the molecule is CCC(CC)(CNC(=O)N1CCCC1(CC)C(=O)O)SC. The first-order valence-electron chi connectivity index (χ1n) is 7.75. The van der Waals surface area contributed by atoms with Gasteiger partial charge >= 0.3 is 12.0 Å². The van der Waals surface area contributed by atoms with Crippen LogP contribution in [-0.2, 0) is 4.79 Å². The molecule has 1 aliphatic heterocycles. The van der Waals surface area contributed by atoms with Crippen molar-refractivity contribution in [1.82, 2.24) is 10.2 Å². The highest BCUT2D eigenvalue weighted by molar-refractivity contribution is 8.00. The predicted octanol–water partition coefficient (Wildman–Crippen LogP) is 2.95. The molecule has 1 saturated heterocycles. The first kappa shape index (κ1) is 18.1. The molecule has 1 atom stereocenters. The van der Waals surface area contributed by atoms with E-state index in [4.69, 9.17) is 0 Å². The molecule has 1 unspecified atom stereocenters. The molecule has 0 spiro atoms. The zero-order valence-electron chi connectivity index (χ0n) is 13.6. The minimum Gasteiger partial charge on any atom is -0.479 e. The number of likely N-dealkylation sites (tertiary alicyclic amines) is 1. The van der Waals surface area contributed by atoms with Crippen LogP contribution >= 0.6 is 11.8 Å². The van der Waals surface area contributed by atoms with Crippen LogP contribution in [0, 0.1) is 0 Å². The van der Waals surface area contributed by atoms with Gasteiger partial charge in [0.15, 0.2) is 0 Å². The zero-order valence-corrected chi connectivity index (χ0v) is 14.4. The number of amides is 2. The first-order valence-corrected chi connectivity index (χ1v) is 8.98. The van der Waals surface area contributed by atoms with Crippen molar-refractivity contribution in [3.8, 4) is 0 Å². The largest absolute Gasteiger partial charge is 0.479 e. The summed E-state index contributed by atoms with van der Waals surface area (Å²) in [5.74, 6) is -0.889. The fraction of sp³-hybridized carbons (Fsp3) is 0.867. The predicted molar refractivity (Wildman–Crippen MR) is 86.8 cm³/mol. The molecule has 6 heteroatoms. The molecular weight excluding hydrogens is 288 g/mol. The third-order valence-corrected chi connectivity index (χ3v) is 6.59.